The summed E-state index contributed by atoms with van der Waals surface area (Å²) < 4.78 is 68.7. The Morgan fingerprint density at radius 2 is 1.76 bits per heavy atom. The number of ether oxygens (including phenoxy) is 1. The molecule has 0 fully saturated rings. The Morgan fingerprint density at radius 3 is 2.38 bits per heavy atom. The number of halogens is 5. The van der Waals surface area contributed by atoms with Crippen LogP contribution in [0.2, 0.25) is 0 Å². The summed E-state index contributed by atoms with van der Waals surface area (Å²) in [5, 5.41) is 9.25. The first-order valence-electron chi connectivity index (χ1n) is 7.93. The van der Waals surface area contributed by atoms with Crippen molar-refractivity contribution in [3.63, 3.8) is 0 Å². The third-order valence-corrected chi connectivity index (χ3v) is 4.22. The minimum Gasteiger partial charge on any atom is -0.439 e. The summed E-state index contributed by atoms with van der Waals surface area (Å²) in [5.41, 5.74) is -0.0660. The predicted molar refractivity (Wildman–Crippen MR) is 95.6 cm³/mol. The van der Waals surface area contributed by atoms with Gasteiger partial charge >= 0.3 is 6.18 Å². The first-order chi connectivity index (χ1) is 13.7. The van der Waals surface area contributed by atoms with Gasteiger partial charge in [-0.1, -0.05) is 12.1 Å². The van der Waals surface area contributed by atoms with Crippen LogP contribution in [0.25, 0.3) is 11.3 Å². The number of nitrogens with zero attached hydrogens (tertiary/aromatic N) is 3. The summed E-state index contributed by atoms with van der Waals surface area (Å²) in [6, 6.07) is 11.7. The molecule has 10 heteroatoms. The molecule has 4 nitrogen and oxygen atoms in total. The lowest BCUT2D eigenvalue weighted by Gasteiger charge is -2.10. The van der Waals surface area contributed by atoms with Gasteiger partial charge in [0, 0.05) is 23.9 Å². The molecule has 0 aliphatic carbocycles. The van der Waals surface area contributed by atoms with Crippen LogP contribution in [-0.2, 0) is 6.18 Å². The van der Waals surface area contributed by atoms with Crippen LogP contribution in [0.4, 0.5) is 22.0 Å². The molecule has 0 radical (unpaired) electrons. The van der Waals surface area contributed by atoms with Crippen molar-refractivity contribution < 1.29 is 26.7 Å². The Labute approximate surface area is 166 Å². The number of rotatable bonds is 5. The lowest BCUT2D eigenvalue weighted by Crippen LogP contribution is -2.04. The molecule has 0 unspecified atom stereocenters. The number of nitriles is 1. The van der Waals surface area contributed by atoms with Crippen molar-refractivity contribution in [3.8, 4) is 29.0 Å². The molecule has 0 aliphatic rings. The average molecular weight is 423 g/mol. The van der Waals surface area contributed by atoms with Gasteiger partial charge in [-0.15, -0.1) is 0 Å². The SMILES string of the molecule is N#Cc1cc(Oc2ccnc(SC(F)F)c2)nc(-c2ccc(C(F)(F)F)cc2)c1. The third kappa shape index (κ3) is 5.42. The van der Waals surface area contributed by atoms with Crippen LogP contribution in [0.15, 0.2) is 59.8 Å². The highest BCUT2D eigenvalue weighted by Crippen LogP contribution is 2.32. The monoisotopic (exact) mass is 423 g/mol. The standard InChI is InChI=1S/C19H10F5N3OS/c20-18(21)29-17-9-14(5-6-26-17)28-16-8-11(10-25)7-15(27-16)12-1-3-13(4-2-12)19(22,23)24/h1-9,18H. The summed E-state index contributed by atoms with van der Waals surface area (Å²) in [6.45, 7) is 0. The molecule has 0 N–H and O–H groups in total. The maximum absolute atomic E-state index is 12.7. The van der Waals surface area contributed by atoms with Crippen molar-refractivity contribution in [2.75, 3.05) is 0 Å². The van der Waals surface area contributed by atoms with Gasteiger partial charge in [0.15, 0.2) is 0 Å². The van der Waals surface area contributed by atoms with Crippen LogP contribution in [0, 0.1) is 11.3 Å². The summed E-state index contributed by atoms with van der Waals surface area (Å²) in [4.78, 5) is 7.99. The summed E-state index contributed by atoms with van der Waals surface area (Å²) in [7, 11) is 0. The van der Waals surface area contributed by atoms with Gasteiger partial charge in [0.1, 0.15) is 10.8 Å². The molecule has 0 bridgehead atoms. The van der Waals surface area contributed by atoms with Crippen molar-refractivity contribution >= 4 is 11.8 Å². The molecule has 1 aromatic carbocycles. The number of pyridine rings is 2. The van der Waals surface area contributed by atoms with Gasteiger partial charge in [0.25, 0.3) is 5.76 Å². The highest BCUT2D eigenvalue weighted by molar-refractivity contribution is 7.99. The molecule has 148 valence electrons. The first kappa shape index (κ1) is 20.5. The van der Waals surface area contributed by atoms with Gasteiger partial charge < -0.3 is 4.74 Å². The predicted octanol–water partition coefficient (Wildman–Crippen LogP) is 6.14. The molecule has 0 amide bonds. The number of hydrogen-bond donors (Lipinski definition) is 0. The molecule has 0 spiro atoms. The van der Waals surface area contributed by atoms with E-state index in [1.807, 2.05) is 6.07 Å². The molecule has 0 saturated carbocycles. The first-order valence-corrected chi connectivity index (χ1v) is 8.81. The van der Waals surface area contributed by atoms with Gasteiger partial charge in [-0.05, 0) is 36.0 Å². The van der Waals surface area contributed by atoms with E-state index in [4.69, 9.17) is 4.74 Å². The molecule has 29 heavy (non-hydrogen) atoms. The molecule has 0 saturated heterocycles. The molecule has 3 aromatic rings. The minimum atomic E-state index is -4.47. The van der Waals surface area contributed by atoms with Gasteiger partial charge in [0.2, 0.25) is 5.88 Å². The van der Waals surface area contributed by atoms with Gasteiger partial charge in [-0.2, -0.15) is 27.2 Å². The lowest BCUT2D eigenvalue weighted by atomic mass is 10.1. The zero-order chi connectivity index (χ0) is 21.0. The Bertz CT molecular complexity index is 1050. The summed E-state index contributed by atoms with van der Waals surface area (Å²) >= 11 is 0.245. The van der Waals surface area contributed by atoms with Gasteiger partial charge in [0.05, 0.1) is 22.9 Å². The average Bonchev–Trinajstić information content (AvgIpc) is 2.67. The fourth-order valence-corrected chi connectivity index (χ4v) is 2.82. The highest BCUT2D eigenvalue weighted by Gasteiger charge is 2.30. The largest absolute Gasteiger partial charge is 0.439 e. The van der Waals surface area contributed by atoms with Crippen LogP contribution in [0.1, 0.15) is 11.1 Å². The number of alkyl halides is 5. The fraction of sp³-hybridized carbons (Fsp3) is 0.105. The zero-order valence-electron chi connectivity index (χ0n) is 14.3. The van der Waals surface area contributed by atoms with Crippen molar-refractivity contribution in [1.82, 2.24) is 9.97 Å². The van der Waals surface area contributed by atoms with Crippen molar-refractivity contribution in [2.24, 2.45) is 0 Å². The quantitative estimate of drug-likeness (QED) is 0.364. The van der Waals surface area contributed by atoms with E-state index in [0.29, 0.717) is 5.56 Å². The zero-order valence-corrected chi connectivity index (χ0v) is 15.1. The maximum Gasteiger partial charge on any atom is 0.416 e. The number of aromatic nitrogens is 2. The number of benzene rings is 1. The van der Waals surface area contributed by atoms with E-state index in [9.17, 15) is 27.2 Å². The maximum atomic E-state index is 12.7. The molecule has 2 aromatic heterocycles. The lowest BCUT2D eigenvalue weighted by molar-refractivity contribution is -0.137. The number of thioether (sulfide) groups is 1. The summed E-state index contributed by atoms with van der Waals surface area (Å²) in [6.07, 6.45) is -3.19. The third-order valence-electron chi connectivity index (χ3n) is 3.58. The van der Waals surface area contributed by atoms with Gasteiger partial charge in [-0.3, -0.25) is 0 Å². The van der Waals surface area contributed by atoms with Gasteiger partial charge in [-0.25, -0.2) is 9.97 Å². The molecular formula is C19H10F5N3OS. The Hall–Kier alpha value is -3.19. The minimum absolute atomic E-state index is 0.0156. The van der Waals surface area contributed by atoms with Crippen LogP contribution in [-0.4, -0.2) is 15.7 Å². The second-order valence-corrected chi connectivity index (χ2v) is 6.59. The molecule has 0 aliphatic heterocycles. The van der Waals surface area contributed by atoms with Crippen LogP contribution < -0.4 is 4.74 Å². The topological polar surface area (TPSA) is 58.8 Å². The van der Waals surface area contributed by atoms with E-state index < -0.39 is 17.5 Å². The smallest absolute Gasteiger partial charge is 0.416 e. The van der Waals surface area contributed by atoms with E-state index in [-0.39, 0.29) is 39.7 Å². The van der Waals surface area contributed by atoms with E-state index in [1.165, 1.54) is 42.6 Å². The van der Waals surface area contributed by atoms with Crippen LogP contribution >= 0.6 is 11.8 Å². The van der Waals surface area contributed by atoms with Crippen molar-refractivity contribution in [3.05, 3.63) is 65.9 Å². The van der Waals surface area contributed by atoms with Crippen LogP contribution in [0.3, 0.4) is 0 Å². The van der Waals surface area contributed by atoms with Crippen molar-refractivity contribution in [1.29, 1.82) is 5.26 Å². The van der Waals surface area contributed by atoms with E-state index >= 15 is 0 Å². The van der Waals surface area contributed by atoms with E-state index in [1.54, 1.807) is 0 Å². The second kappa shape index (κ2) is 8.45. The van der Waals surface area contributed by atoms with Crippen LogP contribution in [0.5, 0.6) is 11.6 Å². The second-order valence-electron chi connectivity index (χ2n) is 5.58. The van der Waals surface area contributed by atoms with E-state index in [2.05, 4.69) is 9.97 Å². The molecule has 2 heterocycles. The molecular weight excluding hydrogens is 413 g/mol. The molecule has 3 rings (SSSR count). The summed E-state index contributed by atoms with van der Waals surface area (Å²) in [5.74, 6) is -2.49. The normalized spacial score (nSPS) is 11.3. The van der Waals surface area contributed by atoms with Crippen molar-refractivity contribution in [2.45, 2.75) is 17.0 Å². The Morgan fingerprint density at radius 1 is 1.03 bits per heavy atom. The Balaban J connectivity index is 1.91. The van der Waals surface area contributed by atoms with E-state index in [0.717, 1.165) is 12.1 Å². The number of hydrogen-bond acceptors (Lipinski definition) is 5. The fourth-order valence-electron chi connectivity index (χ4n) is 2.33. The molecule has 0 atom stereocenters. The Kier molecular flexibility index (Phi) is 5.98. The highest BCUT2D eigenvalue weighted by atomic mass is 32.2.